The van der Waals surface area contributed by atoms with Gasteiger partial charge in [-0.05, 0) is 57.2 Å². The van der Waals surface area contributed by atoms with Gasteiger partial charge in [-0.15, -0.1) is 0 Å². The Hall–Kier alpha value is -0.860. The highest BCUT2D eigenvalue weighted by Gasteiger charge is 2.39. The van der Waals surface area contributed by atoms with Crippen molar-refractivity contribution in [1.82, 2.24) is 5.32 Å². The number of aryl methyl sites for hydroxylation is 2. The standard InChI is InChI=1S/C17H27NO/c1-5-18-16(12-17(19-4)9-6-10-17)15-8-7-13(2)11-14(15)3/h7-8,11,16,18H,5-6,9-10,12H2,1-4H3. The molecule has 1 aromatic rings. The minimum absolute atomic E-state index is 0.115. The third kappa shape index (κ3) is 3.18. The van der Waals surface area contributed by atoms with E-state index in [1.807, 2.05) is 7.11 Å². The quantitative estimate of drug-likeness (QED) is 0.838. The molecule has 0 radical (unpaired) electrons. The first-order valence-corrected chi connectivity index (χ1v) is 7.46. The number of ether oxygens (including phenoxy) is 1. The number of nitrogens with one attached hydrogen (secondary N) is 1. The summed E-state index contributed by atoms with van der Waals surface area (Å²) in [5.41, 5.74) is 4.26. The van der Waals surface area contributed by atoms with E-state index < -0.39 is 0 Å². The van der Waals surface area contributed by atoms with Crippen LogP contribution in [-0.2, 0) is 4.74 Å². The highest BCUT2D eigenvalue weighted by molar-refractivity contribution is 5.33. The lowest BCUT2D eigenvalue weighted by Gasteiger charge is -2.43. The topological polar surface area (TPSA) is 21.3 Å². The third-order valence-corrected chi connectivity index (χ3v) is 4.53. The van der Waals surface area contributed by atoms with Gasteiger partial charge in [-0.25, -0.2) is 0 Å². The van der Waals surface area contributed by atoms with Gasteiger partial charge in [0.2, 0.25) is 0 Å². The van der Waals surface area contributed by atoms with Gasteiger partial charge >= 0.3 is 0 Å². The molecule has 1 unspecified atom stereocenters. The van der Waals surface area contributed by atoms with Crippen molar-refractivity contribution in [2.45, 2.75) is 58.1 Å². The van der Waals surface area contributed by atoms with E-state index in [1.54, 1.807) is 0 Å². The maximum absolute atomic E-state index is 5.80. The number of benzene rings is 1. The van der Waals surface area contributed by atoms with Gasteiger partial charge in [-0.1, -0.05) is 30.7 Å². The van der Waals surface area contributed by atoms with E-state index in [0.29, 0.717) is 6.04 Å². The van der Waals surface area contributed by atoms with Crippen LogP contribution in [0.3, 0.4) is 0 Å². The molecule has 1 fully saturated rings. The number of methoxy groups -OCH3 is 1. The van der Waals surface area contributed by atoms with E-state index in [9.17, 15) is 0 Å². The molecule has 0 aliphatic heterocycles. The summed E-state index contributed by atoms with van der Waals surface area (Å²) in [5.74, 6) is 0. The average Bonchev–Trinajstić information content (AvgIpc) is 2.33. The summed E-state index contributed by atoms with van der Waals surface area (Å²) in [6.45, 7) is 7.54. The number of rotatable bonds is 6. The Balaban J connectivity index is 2.19. The fourth-order valence-corrected chi connectivity index (χ4v) is 3.19. The molecular formula is C17H27NO. The molecule has 19 heavy (non-hydrogen) atoms. The predicted molar refractivity (Wildman–Crippen MR) is 80.5 cm³/mol. The SMILES string of the molecule is CCNC(CC1(OC)CCC1)c1ccc(C)cc1C. The van der Waals surface area contributed by atoms with E-state index in [0.717, 1.165) is 13.0 Å². The van der Waals surface area contributed by atoms with E-state index in [-0.39, 0.29) is 5.60 Å². The van der Waals surface area contributed by atoms with Crippen molar-refractivity contribution in [2.75, 3.05) is 13.7 Å². The normalized spacial score (nSPS) is 18.9. The van der Waals surface area contributed by atoms with Crippen LogP contribution in [0.4, 0.5) is 0 Å². The maximum Gasteiger partial charge on any atom is 0.0697 e. The minimum Gasteiger partial charge on any atom is -0.378 e. The van der Waals surface area contributed by atoms with Crippen molar-refractivity contribution in [2.24, 2.45) is 0 Å². The molecule has 1 aromatic carbocycles. The van der Waals surface area contributed by atoms with E-state index in [1.165, 1.54) is 36.0 Å². The van der Waals surface area contributed by atoms with Gasteiger partial charge in [-0.2, -0.15) is 0 Å². The molecule has 1 N–H and O–H groups in total. The van der Waals surface area contributed by atoms with Crippen molar-refractivity contribution in [3.8, 4) is 0 Å². The molecular weight excluding hydrogens is 234 g/mol. The third-order valence-electron chi connectivity index (χ3n) is 4.53. The van der Waals surface area contributed by atoms with Crippen molar-refractivity contribution in [1.29, 1.82) is 0 Å². The molecule has 2 rings (SSSR count). The summed E-state index contributed by atoms with van der Waals surface area (Å²) in [4.78, 5) is 0. The lowest BCUT2D eigenvalue weighted by molar-refractivity contribution is -0.0837. The fourth-order valence-electron chi connectivity index (χ4n) is 3.19. The van der Waals surface area contributed by atoms with Gasteiger partial charge in [-0.3, -0.25) is 0 Å². The molecule has 2 nitrogen and oxygen atoms in total. The Morgan fingerprint density at radius 2 is 2.05 bits per heavy atom. The summed E-state index contributed by atoms with van der Waals surface area (Å²) < 4.78 is 5.80. The molecule has 2 heteroatoms. The van der Waals surface area contributed by atoms with Crippen LogP contribution in [0, 0.1) is 13.8 Å². The van der Waals surface area contributed by atoms with Gasteiger partial charge in [0.25, 0.3) is 0 Å². The summed E-state index contributed by atoms with van der Waals surface area (Å²) >= 11 is 0. The van der Waals surface area contributed by atoms with Gasteiger partial charge in [0.15, 0.2) is 0 Å². The van der Waals surface area contributed by atoms with Crippen molar-refractivity contribution < 1.29 is 4.74 Å². The lowest BCUT2D eigenvalue weighted by Crippen LogP contribution is -2.43. The van der Waals surface area contributed by atoms with Crippen LogP contribution in [0.2, 0.25) is 0 Å². The molecule has 0 saturated heterocycles. The first-order chi connectivity index (χ1) is 9.10. The Morgan fingerprint density at radius 3 is 2.53 bits per heavy atom. The second-order valence-electron chi connectivity index (χ2n) is 5.92. The van der Waals surface area contributed by atoms with E-state index in [2.05, 4.69) is 44.3 Å². The molecule has 1 aliphatic rings. The summed E-state index contributed by atoms with van der Waals surface area (Å²) in [7, 11) is 1.87. The zero-order valence-electron chi connectivity index (χ0n) is 12.8. The highest BCUT2D eigenvalue weighted by Crippen LogP contribution is 2.42. The van der Waals surface area contributed by atoms with Crippen LogP contribution >= 0.6 is 0 Å². The Labute approximate surface area is 117 Å². The van der Waals surface area contributed by atoms with Crippen molar-refractivity contribution in [3.05, 3.63) is 34.9 Å². The van der Waals surface area contributed by atoms with Crippen LogP contribution in [0.15, 0.2) is 18.2 Å². The van der Waals surface area contributed by atoms with Crippen LogP contribution in [0.1, 0.15) is 55.3 Å². The van der Waals surface area contributed by atoms with Gasteiger partial charge in [0, 0.05) is 13.2 Å². The number of hydrogen-bond acceptors (Lipinski definition) is 2. The van der Waals surface area contributed by atoms with Gasteiger partial charge < -0.3 is 10.1 Å². The molecule has 0 bridgehead atoms. The predicted octanol–water partition coefficient (Wildman–Crippen LogP) is 3.91. The molecule has 0 heterocycles. The molecule has 0 spiro atoms. The van der Waals surface area contributed by atoms with E-state index in [4.69, 9.17) is 4.74 Å². The average molecular weight is 261 g/mol. The van der Waals surface area contributed by atoms with Crippen LogP contribution in [-0.4, -0.2) is 19.3 Å². The van der Waals surface area contributed by atoms with Crippen LogP contribution < -0.4 is 5.32 Å². The first kappa shape index (κ1) is 14.5. The zero-order valence-corrected chi connectivity index (χ0v) is 12.8. The Kier molecular flexibility index (Phi) is 4.64. The van der Waals surface area contributed by atoms with Crippen LogP contribution in [0.25, 0.3) is 0 Å². The molecule has 106 valence electrons. The second-order valence-corrected chi connectivity index (χ2v) is 5.92. The van der Waals surface area contributed by atoms with Crippen molar-refractivity contribution in [3.63, 3.8) is 0 Å². The molecule has 0 amide bonds. The molecule has 0 aromatic heterocycles. The Bertz CT molecular complexity index is 418. The molecule has 1 aliphatic carbocycles. The van der Waals surface area contributed by atoms with Gasteiger partial charge in [0.05, 0.1) is 5.60 Å². The first-order valence-electron chi connectivity index (χ1n) is 7.46. The fraction of sp³-hybridized carbons (Fsp3) is 0.647. The second kappa shape index (κ2) is 6.06. The summed E-state index contributed by atoms with van der Waals surface area (Å²) in [5, 5.41) is 3.64. The lowest BCUT2D eigenvalue weighted by atomic mass is 9.74. The van der Waals surface area contributed by atoms with Crippen LogP contribution in [0.5, 0.6) is 0 Å². The smallest absolute Gasteiger partial charge is 0.0697 e. The maximum atomic E-state index is 5.80. The molecule has 1 saturated carbocycles. The monoisotopic (exact) mass is 261 g/mol. The summed E-state index contributed by atoms with van der Waals surface area (Å²) in [6, 6.07) is 7.18. The number of hydrogen-bond donors (Lipinski definition) is 1. The highest BCUT2D eigenvalue weighted by atomic mass is 16.5. The summed E-state index contributed by atoms with van der Waals surface area (Å²) in [6.07, 6.45) is 4.80. The van der Waals surface area contributed by atoms with E-state index >= 15 is 0 Å². The largest absolute Gasteiger partial charge is 0.378 e. The Morgan fingerprint density at radius 1 is 1.32 bits per heavy atom. The molecule has 1 atom stereocenters. The zero-order chi connectivity index (χ0) is 13.9. The van der Waals surface area contributed by atoms with Crippen molar-refractivity contribution >= 4 is 0 Å². The minimum atomic E-state index is 0.115. The van der Waals surface area contributed by atoms with Gasteiger partial charge in [0.1, 0.15) is 0 Å².